The Hall–Kier alpha value is -3.32. The second kappa shape index (κ2) is 8.20. The maximum absolute atomic E-state index is 13.0. The van der Waals surface area contributed by atoms with Crippen LogP contribution in [0.15, 0.2) is 59.5 Å². The number of aryl methyl sites for hydroxylation is 1. The van der Waals surface area contributed by atoms with Gasteiger partial charge >= 0.3 is 0 Å². The van der Waals surface area contributed by atoms with Crippen LogP contribution >= 0.6 is 11.8 Å². The average molecular weight is 422 g/mol. The molecule has 0 spiro atoms. The van der Waals surface area contributed by atoms with Gasteiger partial charge in [-0.3, -0.25) is 14.9 Å². The first kappa shape index (κ1) is 20.0. The summed E-state index contributed by atoms with van der Waals surface area (Å²) in [7, 11) is 0. The number of thioether (sulfide) groups is 1. The fraction of sp³-hybridized carbons (Fsp3) is 0.130. The summed E-state index contributed by atoms with van der Waals surface area (Å²) >= 11 is 0.909. The van der Waals surface area contributed by atoms with Gasteiger partial charge in [0.15, 0.2) is 0 Å². The lowest BCUT2D eigenvalue weighted by Gasteiger charge is -2.11. The van der Waals surface area contributed by atoms with E-state index >= 15 is 0 Å². The molecule has 0 bridgehead atoms. The molecule has 0 aliphatic carbocycles. The number of amides is 2. The Morgan fingerprint density at radius 1 is 1.07 bits per heavy atom. The predicted molar refractivity (Wildman–Crippen MR) is 115 cm³/mol. The van der Waals surface area contributed by atoms with Gasteiger partial charge in [0.05, 0.1) is 4.91 Å². The fourth-order valence-corrected chi connectivity index (χ4v) is 4.01. The van der Waals surface area contributed by atoms with Gasteiger partial charge in [0.1, 0.15) is 18.2 Å². The minimum atomic E-state index is -0.363. The van der Waals surface area contributed by atoms with E-state index in [9.17, 15) is 14.0 Å². The van der Waals surface area contributed by atoms with Gasteiger partial charge in [-0.25, -0.2) is 4.39 Å². The number of rotatable bonds is 5. The van der Waals surface area contributed by atoms with Crippen LogP contribution in [0.5, 0.6) is 5.75 Å². The zero-order chi connectivity index (χ0) is 21.3. The number of imide groups is 1. The number of nitrogens with zero attached hydrogens (tertiary/aromatic N) is 1. The molecule has 0 radical (unpaired) electrons. The molecule has 5 nitrogen and oxygen atoms in total. The van der Waals surface area contributed by atoms with Gasteiger partial charge in [-0.05, 0) is 85.3 Å². The number of hydrogen-bond acceptors (Lipinski definition) is 4. The molecule has 0 unspecified atom stereocenters. The summed E-state index contributed by atoms with van der Waals surface area (Å²) in [4.78, 5) is 23.6. The van der Waals surface area contributed by atoms with Crippen molar-refractivity contribution in [1.29, 1.82) is 0 Å². The van der Waals surface area contributed by atoms with Crippen LogP contribution in [-0.4, -0.2) is 15.7 Å². The van der Waals surface area contributed by atoms with Crippen LogP contribution in [0, 0.1) is 19.7 Å². The number of halogens is 1. The summed E-state index contributed by atoms with van der Waals surface area (Å²) in [5, 5.41) is 1.92. The van der Waals surface area contributed by atoms with Crippen LogP contribution in [-0.2, 0) is 11.4 Å². The molecule has 1 saturated heterocycles. The van der Waals surface area contributed by atoms with E-state index in [4.69, 9.17) is 4.74 Å². The van der Waals surface area contributed by atoms with Crippen molar-refractivity contribution in [2.75, 3.05) is 0 Å². The molecule has 2 amide bonds. The minimum Gasteiger partial charge on any atom is -0.489 e. The summed E-state index contributed by atoms with van der Waals surface area (Å²) < 4.78 is 20.8. The van der Waals surface area contributed by atoms with Gasteiger partial charge in [-0.2, -0.15) is 0 Å². The molecule has 4 rings (SSSR count). The maximum Gasteiger partial charge on any atom is 0.290 e. The molecule has 1 aromatic heterocycles. The first-order valence-corrected chi connectivity index (χ1v) is 10.1. The van der Waals surface area contributed by atoms with Crippen molar-refractivity contribution < 1.29 is 18.7 Å². The highest BCUT2D eigenvalue weighted by Crippen LogP contribution is 2.29. The monoisotopic (exact) mass is 422 g/mol. The third-order valence-electron chi connectivity index (χ3n) is 4.81. The molecule has 2 heterocycles. The van der Waals surface area contributed by atoms with Crippen LogP contribution in [0.1, 0.15) is 22.5 Å². The second-order valence-corrected chi connectivity index (χ2v) is 7.94. The van der Waals surface area contributed by atoms with Crippen LogP contribution in [0.3, 0.4) is 0 Å². The Labute approximate surface area is 177 Å². The average Bonchev–Trinajstić information content (AvgIpc) is 3.19. The van der Waals surface area contributed by atoms with Crippen molar-refractivity contribution in [2.24, 2.45) is 0 Å². The van der Waals surface area contributed by atoms with E-state index in [1.54, 1.807) is 18.2 Å². The molecule has 152 valence electrons. The second-order valence-electron chi connectivity index (χ2n) is 6.92. The van der Waals surface area contributed by atoms with E-state index in [0.717, 1.165) is 40.0 Å². The summed E-state index contributed by atoms with van der Waals surface area (Å²) in [5.41, 5.74) is 4.71. The zero-order valence-corrected chi connectivity index (χ0v) is 17.3. The van der Waals surface area contributed by atoms with Crippen molar-refractivity contribution in [2.45, 2.75) is 20.5 Å². The minimum absolute atomic E-state index is 0.269. The van der Waals surface area contributed by atoms with Crippen molar-refractivity contribution in [1.82, 2.24) is 9.88 Å². The fourth-order valence-electron chi connectivity index (χ4n) is 3.33. The van der Waals surface area contributed by atoms with Gasteiger partial charge in [0, 0.05) is 17.1 Å². The highest BCUT2D eigenvalue weighted by molar-refractivity contribution is 8.18. The van der Waals surface area contributed by atoms with E-state index in [1.807, 2.05) is 44.2 Å². The number of nitrogens with one attached hydrogen (secondary N) is 1. The van der Waals surface area contributed by atoms with Gasteiger partial charge in [-0.1, -0.05) is 12.1 Å². The molecule has 3 aromatic rings. The normalized spacial score (nSPS) is 15.0. The molecule has 30 heavy (non-hydrogen) atoms. The molecular weight excluding hydrogens is 403 g/mol. The van der Waals surface area contributed by atoms with E-state index in [1.165, 1.54) is 12.1 Å². The Balaban J connectivity index is 1.52. The summed E-state index contributed by atoms with van der Waals surface area (Å²) in [6.45, 7) is 4.32. The first-order chi connectivity index (χ1) is 14.4. The molecule has 1 aliphatic heterocycles. The van der Waals surface area contributed by atoms with E-state index in [-0.39, 0.29) is 17.0 Å². The van der Waals surface area contributed by atoms with Gasteiger partial charge in [0.2, 0.25) is 0 Å². The molecule has 1 fully saturated rings. The molecule has 0 saturated carbocycles. The van der Waals surface area contributed by atoms with Crippen LogP contribution in [0.2, 0.25) is 0 Å². The van der Waals surface area contributed by atoms with E-state index in [2.05, 4.69) is 9.88 Å². The van der Waals surface area contributed by atoms with Crippen LogP contribution < -0.4 is 10.1 Å². The predicted octanol–water partition coefficient (Wildman–Crippen LogP) is 5.14. The van der Waals surface area contributed by atoms with E-state index in [0.29, 0.717) is 17.3 Å². The summed E-state index contributed by atoms with van der Waals surface area (Å²) in [6.07, 6.45) is 1.74. The summed E-state index contributed by atoms with van der Waals surface area (Å²) in [6, 6.07) is 15.9. The molecule has 2 aromatic carbocycles. The van der Waals surface area contributed by atoms with Crippen LogP contribution in [0.4, 0.5) is 9.18 Å². The lowest BCUT2D eigenvalue weighted by atomic mass is 10.2. The zero-order valence-electron chi connectivity index (χ0n) is 16.4. The van der Waals surface area contributed by atoms with Gasteiger partial charge < -0.3 is 9.30 Å². The van der Waals surface area contributed by atoms with Crippen molar-refractivity contribution in [3.63, 3.8) is 0 Å². The largest absolute Gasteiger partial charge is 0.489 e. The molecule has 7 heteroatoms. The Morgan fingerprint density at radius 3 is 2.40 bits per heavy atom. The number of carbonyl (C=O) groups is 2. The molecule has 1 N–H and O–H groups in total. The van der Waals surface area contributed by atoms with Crippen molar-refractivity contribution in [3.05, 3.63) is 87.8 Å². The maximum atomic E-state index is 13.0. The molecule has 0 atom stereocenters. The number of aromatic nitrogens is 1. The number of benzene rings is 2. The Kier molecular flexibility index (Phi) is 5.46. The number of hydrogen-bond donors (Lipinski definition) is 1. The third-order valence-corrected chi connectivity index (χ3v) is 5.62. The van der Waals surface area contributed by atoms with Gasteiger partial charge in [-0.15, -0.1) is 0 Å². The van der Waals surface area contributed by atoms with Crippen molar-refractivity contribution in [3.8, 4) is 11.4 Å². The third kappa shape index (κ3) is 4.16. The van der Waals surface area contributed by atoms with Gasteiger partial charge in [0.25, 0.3) is 11.1 Å². The standard InChI is InChI=1S/C23H19FN2O3S/c1-14-11-17(12-21-22(27)25-23(28)30-21)15(2)26(14)19-7-9-20(10-8-19)29-13-16-3-5-18(24)6-4-16/h3-12H,13H2,1-2H3,(H,25,27,28). The first-order valence-electron chi connectivity index (χ1n) is 9.32. The Morgan fingerprint density at radius 2 is 1.77 bits per heavy atom. The summed E-state index contributed by atoms with van der Waals surface area (Å²) in [5.74, 6) is 0.0807. The highest BCUT2D eigenvalue weighted by atomic mass is 32.2. The lowest BCUT2D eigenvalue weighted by molar-refractivity contribution is -0.115. The topological polar surface area (TPSA) is 60.3 Å². The molecular formula is C23H19FN2O3S. The molecule has 1 aliphatic rings. The number of ether oxygens (including phenoxy) is 1. The van der Waals surface area contributed by atoms with E-state index < -0.39 is 0 Å². The smallest absolute Gasteiger partial charge is 0.290 e. The quantitative estimate of drug-likeness (QED) is 0.579. The SMILES string of the molecule is Cc1cc(C=C2SC(=O)NC2=O)c(C)n1-c1ccc(OCc2ccc(F)cc2)cc1. The Bertz CT molecular complexity index is 1150. The van der Waals surface area contributed by atoms with Crippen molar-refractivity contribution >= 4 is 29.0 Å². The highest BCUT2D eigenvalue weighted by Gasteiger charge is 2.25. The lowest BCUT2D eigenvalue weighted by Crippen LogP contribution is -2.17. The number of carbonyl (C=O) groups excluding carboxylic acids is 2. The van der Waals surface area contributed by atoms with Crippen LogP contribution in [0.25, 0.3) is 11.8 Å².